The lowest BCUT2D eigenvalue weighted by molar-refractivity contribution is -0.137. The predicted molar refractivity (Wildman–Crippen MR) is 122 cm³/mol. The molecule has 0 saturated heterocycles. The van der Waals surface area contributed by atoms with E-state index in [0.717, 1.165) is 56.3 Å². The number of alkyl halides is 3. The van der Waals surface area contributed by atoms with Crippen LogP contribution in [0.15, 0.2) is 96.2 Å². The summed E-state index contributed by atoms with van der Waals surface area (Å²) in [5.41, 5.74) is 5.03. The van der Waals surface area contributed by atoms with Crippen molar-refractivity contribution in [3.05, 3.63) is 108 Å². The van der Waals surface area contributed by atoms with Gasteiger partial charge >= 0.3 is 6.18 Å². The minimum Gasteiger partial charge on any atom is -0.392 e. The van der Waals surface area contributed by atoms with Gasteiger partial charge in [-0.05, 0) is 46.0 Å². The number of halogens is 3. The van der Waals surface area contributed by atoms with Gasteiger partial charge in [-0.2, -0.15) is 13.2 Å². The third-order valence-corrected chi connectivity index (χ3v) is 6.11. The Balaban J connectivity index is 1.36. The number of rotatable bonds is 6. The van der Waals surface area contributed by atoms with Gasteiger partial charge in [-0.15, -0.1) is 11.8 Å². The lowest BCUT2D eigenvalue weighted by atomic mass is 10.0. The molecule has 0 atom stereocenters. The van der Waals surface area contributed by atoms with E-state index >= 15 is 0 Å². The highest BCUT2D eigenvalue weighted by Crippen LogP contribution is 2.31. The Hall–Kier alpha value is -3.09. The van der Waals surface area contributed by atoms with Crippen LogP contribution in [0.2, 0.25) is 0 Å². The van der Waals surface area contributed by atoms with Crippen molar-refractivity contribution in [2.75, 3.05) is 0 Å². The Morgan fingerprint density at radius 2 is 1.16 bits per heavy atom. The van der Waals surface area contributed by atoms with Gasteiger partial charge in [0.25, 0.3) is 0 Å². The summed E-state index contributed by atoms with van der Waals surface area (Å²) < 4.78 is 38.2. The number of hydrogen-bond donors (Lipinski definition) is 1. The van der Waals surface area contributed by atoms with Crippen molar-refractivity contribution in [3.63, 3.8) is 0 Å². The summed E-state index contributed by atoms with van der Waals surface area (Å²) in [4.78, 5) is 4.53. The average Bonchev–Trinajstić information content (AvgIpc) is 2.83. The lowest BCUT2D eigenvalue weighted by Crippen LogP contribution is -2.03. The Morgan fingerprint density at radius 1 is 0.656 bits per heavy atom. The van der Waals surface area contributed by atoms with Gasteiger partial charge in [-0.25, -0.2) is 4.98 Å². The van der Waals surface area contributed by atoms with E-state index in [1.807, 2.05) is 66.9 Å². The van der Waals surface area contributed by atoms with Gasteiger partial charge in [-0.3, -0.25) is 0 Å². The van der Waals surface area contributed by atoms with Crippen molar-refractivity contribution in [1.29, 1.82) is 0 Å². The Kier molecular flexibility index (Phi) is 6.63. The number of aliphatic hydroxyl groups excluding tert-OH is 1. The molecule has 1 heterocycles. The molecule has 32 heavy (non-hydrogen) atoms. The molecule has 0 fully saturated rings. The van der Waals surface area contributed by atoms with Crippen LogP contribution in [0, 0.1) is 0 Å². The highest BCUT2D eigenvalue weighted by molar-refractivity contribution is 7.98. The van der Waals surface area contributed by atoms with Crippen LogP contribution in [-0.4, -0.2) is 10.1 Å². The van der Waals surface area contributed by atoms with E-state index in [0.29, 0.717) is 0 Å². The molecule has 162 valence electrons. The van der Waals surface area contributed by atoms with E-state index in [-0.39, 0.29) is 6.61 Å². The summed E-state index contributed by atoms with van der Waals surface area (Å²) in [6.07, 6.45) is -2.49. The molecule has 0 amide bonds. The molecule has 1 N–H and O–H groups in total. The van der Waals surface area contributed by atoms with Gasteiger partial charge in [0.2, 0.25) is 0 Å². The van der Waals surface area contributed by atoms with Crippen LogP contribution in [0.1, 0.15) is 16.7 Å². The van der Waals surface area contributed by atoms with Gasteiger partial charge in [0, 0.05) is 17.5 Å². The van der Waals surface area contributed by atoms with Gasteiger partial charge in [0.1, 0.15) is 0 Å². The second-order valence-electron chi connectivity index (χ2n) is 7.30. The normalized spacial score (nSPS) is 11.5. The van der Waals surface area contributed by atoms with E-state index < -0.39 is 11.7 Å². The number of pyridine rings is 1. The molecule has 2 nitrogen and oxygen atoms in total. The zero-order valence-corrected chi connectivity index (χ0v) is 17.8. The molecule has 6 heteroatoms. The molecule has 0 spiro atoms. The van der Waals surface area contributed by atoms with Crippen LogP contribution in [0.25, 0.3) is 22.3 Å². The highest BCUT2D eigenvalue weighted by Gasteiger charge is 2.29. The number of thioether (sulfide) groups is 1. The molecule has 0 aliphatic carbocycles. The Bertz CT molecular complexity index is 1150. The molecule has 4 aromatic rings. The number of hydrogen-bond acceptors (Lipinski definition) is 3. The van der Waals surface area contributed by atoms with Gasteiger partial charge in [0.15, 0.2) is 0 Å². The van der Waals surface area contributed by atoms with Gasteiger partial charge < -0.3 is 5.11 Å². The fourth-order valence-corrected chi connectivity index (χ4v) is 4.04. The molecule has 0 aliphatic heterocycles. The Morgan fingerprint density at radius 3 is 1.66 bits per heavy atom. The first kappa shape index (κ1) is 22.1. The minimum absolute atomic E-state index is 0.0272. The SMILES string of the molecule is OCc1ccc(-c2ccc(SCc3ccc(-c4ccc(C(F)(F)F)cc4)cc3)nc2)cc1. The van der Waals surface area contributed by atoms with Crippen molar-refractivity contribution < 1.29 is 18.3 Å². The van der Waals surface area contributed by atoms with E-state index in [4.69, 9.17) is 5.11 Å². The average molecular weight is 452 g/mol. The van der Waals surface area contributed by atoms with Crippen molar-refractivity contribution >= 4 is 11.8 Å². The van der Waals surface area contributed by atoms with E-state index in [9.17, 15) is 13.2 Å². The number of benzene rings is 3. The molecule has 4 rings (SSSR count). The molecule has 3 aromatic carbocycles. The minimum atomic E-state index is -4.32. The van der Waals surface area contributed by atoms with Crippen LogP contribution in [0.5, 0.6) is 0 Å². The fraction of sp³-hybridized carbons (Fsp3) is 0.115. The number of aromatic nitrogens is 1. The van der Waals surface area contributed by atoms with Gasteiger partial charge in [0.05, 0.1) is 17.2 Å². The van der Waals surface area contributed by atoms with Crippen LogP contribution < -0.4 is 0 Å². The van der Waals surface area contributed by atoms with Crippen molar-refractivity contribution in [2.24, 2.45) is 0 Å². The maximum absolute atomic E-state index is 12.7. The quantitative estimate of drug-likeness (QED) is 0.314. The molecular formula is C26H20F3NOS. The molecular weight excluding hydrogens is 431 g/mol. The second-order valence-corrected chi connectivity index (χ2v) is 8.30. The van der Waals surface area contributed by atoms with E-state index in [1.165, 1.54) is 12.1 Å². The largest absolute Gasteiger partial charge is 0.416 e. The topological polar surface area (TPSA) is 33.1 Å². The molecule has 0 radical (unpaired) electrons. The summed E-state index contributed by atoms with van der Waals surface area (Å²) in [7, 11) is 0. The Labute approximate surface area is 188 Å². The molecule has 0 aliphatic rings. The van der Waals surface area contributed by atoms with Crippen LogP contribution >= 0.6 is 11.8 Å². The van der Waals surface area contributed by atoms with Crippen LogP contribution in [-0.2, 0) is 18.5 Å². The molecule has 0 unspecified atom stereocenters. The summed E-state index contributed by atoms with van der Waals surface area (Å²) in [6.45, 7) is 0.0272. The van der Waals surface area contributed by atoms with Crippen molar-refractivity contribution in [3.8, 4) is 22.3 Å². The number of nitrogens with zero attached hydrogens (tertiary/aromatic N) is 1. The molecule has 1 aromatic heterocycles. The van der Waals surface area contributed by atoms with Gasteiger partial charge in [-0.1, -0.05) is 66.7 Å². The summed E-state index contributed by atoms with van der Waals surface area (Å²) in [5, 5.41) is 10.1. The van der Waals surface area contributed by atoms with Crippen molar-refractivity contribution in [2.45, 2.75) is 23.6 Å². The first-order valence-corrected chi connectivity index (χ1v) is 11.0. The summed E-state index contributed by atoms with van der Waals surface area (Å²) in [5.74, 6) is 0.741. The zero-order valence-electron chi connectivity index (χ0n) is 17.0. The maximum Gasteiger partial charge on any atom is 0.416 e. The van der Waals surface area contributed by atoms with Crippen molar-refractivity contribution in [1.82, 2.24) is 4.98 Å². The monoisotopic (exact) mass is 451 g/mol. The lowest BCUT2D eigenvalue weighted by Gasteiger charge is -2.08. The smallest absolute Gasteiger partial charge is 0.392 e. The standard InChI is InChI=1S/C26H20F3NOS/c27-26(28,29)24-12-9-21(10-13-24)20-7-3-19(4-8-20)17-32-25-14-11-23(15-30-25)22-5-1-18(16-31)2-6-22/h1-15,31H,16-17H2. The van der Waals surface area contributed by atoms with Crippen LogP contribution in [0.4, 0.5) is 13.2 Å². The zero-order chi connectivity index (χ0) is 22.6. The maximum atomic E-state index is 12.7. The predicted octanol–water partition coefficient (Wildman–Crippen LogP) is 7.22. The van der Waals surface area contributed by atoms with Crippen LogP contribution in [0.3, 0.4) is 0 Å². The first-order valence-electron chi connectivity index (χ1n) is 9.98. The first-order chi connectivity index (χ1) is 15.4. The third-order valence-electron chi connectivity index (χ3n) is 5.09. The van der Waals surface area contributed by atoms with E-state index in [2.05, 4.69) is 4.98 Å². The fourth-order valence-electron chi connectivity index (χ4n) is 3.24. The number of aliphatic hydroxyl groups is 1. The summed E-state index contributed by atoms with van der Waals surface area (Å²) >= 11 is 1.62. The third kappa shape index (κ3) is 5.39. The summed E-state index contributed by atoms with van der Waals surface area (Å²) in [6, 6.07) is 24.7. The molecule has 0 bridgehead atoms. The molecule has 0 saturated carbocycles. The second kappa shape index (κ2) is 9.59. The highest BCUT2D eigenvalue weighted by atomic mass is 32.2. The van der Waals surface area contributed by atoms with E-state index in [1.54, 1.807) is 11.8 Å².